The molecule has 10 N–H and O–H groups in total. The van der Waals surface area contributed by atoms with Gasteiger partial charge in [-0.2, -0.15) is 0 Å². The molecule has 0 saturated carbocycles. The highest BCUT2D eigenvalue weighted by atomic mass is 16.4. The standard InChI is InChI=1S/C26H45N7O9/c1-12(2)8-18(26(41)42)32-25(40)21(13(3)4)33-22(37)14(5)30-24(39)16(6-7-19(27)35)31-20(36)11-29-23(38)17-9-15(34)10-28-17/h12-18,21,28,34H,6-11H2,1-5H3,(H2,27,35)(H,29,38)(H,30,39)(H,31,36)(H,32,40)(H,33,37)(H,41,42)/t14-,15+,16-,17-,18-,21-/m0/s1. The van der Waals surface area contributed by atoms with Crippen molar-refractivity contribution in [3.8, 4) is 0 Å². The predicted molar refractivity (Wildman–Crippen MR) is 149 cm³/mol. The lowest BCUT2D eigenvalue weighted by molar-refractivity contribution is -0.143. The zero-order valence-electron chi connectivity index (χ0n) is 24.7. The second-order valence-electron chi connectivity index (χ2n) is 11.2. The summed E-state index contributed by atoms with van der Waals surface area (Å²) in [7, 11) is 0. The number of rotatable bonds is 17. The summed E-state index contributed by atoms with van der Waals surface area (Å²) >= 11 is 0. The molecule has 1 saturated heterocycles. The monoisotopic (exact) mass is 599 g/mol. The molecule has 1 aliphatic heterocycles. The van der Waals surface area contributed by atoms with Crippen molar-refractivity contribution in [2.75, 3.05) is 13.1 Å². The molecule has 1 aliphatic rings. The molecule has 6 atom stereocenters. The Morgan fingerprint density at radius 3 is 2.02 bits per heavy atom. The number of carbonyl (C=O) groups excluding carboxylic acids is 6. The minimum absolute atomic E-state index is 0.00803. The summed E-state index contributed by atoms with van der Waals surface area (Å²) in [5.74, 6) is -5.86. The van der Waals surface area contributed by atoms with Crippen LogP contribution in [0.3, 0.4) is 0 Å². The Balaban J connectivity index is 2.80. The van der Waals surface area contributed by atoms with Gasteiger partial charge in [0, 0.05) is 13.0 Å². The van der Waals surface area contributed by atoms with E-state index in [4.69, 9.17) is 5.73 Å². The summed E-state index contributed by atoms with van der Waals surface area (Å²) < 4.78 is 0. The predicted octanol–water partition coefficient (Wildman–Crippen LogP) is -3.16. The Bertz CT molecular complexity index is 1000. The first kappa shape index (κ1) is 36.2. The number of amides is 6. The van der Waals surface area contributed by atoms with Crippen LogP contribution < -0.4 is 37.6 Å². The molecule has 16 heteroatoms. The average Bonchev–Trinajstić information content (AvgIpc) is 3.32. The molecule has 42 heavy (non-hydrogen) atoms. The Kier molecular flexibility index (Phi) is 14.9. The van der Waals surface area contributed by atoms with Crippen LogP contribution in [0, 0.1) is 11.8 Å². The van der Waals surface area contributed by atoms with E-state index in [1.165, 1.54) is 6.92 Å². The fourth-order valence-electron chi connectivity index (χ4n) is 4.16. The highest BCUT2D eigenvalue weighted by molar-refractivity contribution is 5.95. The van der Waals surface area contributed by atoms with E-state index < -0.39 is 90.2 Å². The van der Waals surface area contributed by atoms with Crippen molar-refractivity contribution >= 4 is 41.4 Å². The Hall–Kier alpha value is -3.79. The third-order valence-electron chi connectivity index (χ3n) is 6.50. The van der Waals surface area contributed by atoms with Gasteiger partial charge in [0.25, 0.3) is 0 Å². The normalized spacial score (nSPS) is 19.2. The number of aliphatic carboxylic acids is 1. The molecule has 16 nitrogen and oxygen atoms in total. The Morgan fingerprint density at radius 1 is 0.881 bits per heavy atom. The Morgan fingerprint density at radius 2 is 1.52 bits per heavy atom. The molecular formula is C26H45N7O9. The van der Waals surface area contributed by atoms with Crippen LogP contribution in [0.2, 0.25) is 0 Å². The molecule has 0 unspecified atom stereocenters. The zero-order valence-corrected chi connectivity index (χ0v) is 24.7. The zero-order chi connectivity index (χ0) is 32.1. The van der Waals surface area contributed by atoms with E-state index >= 15 is 0 Å². The second kappa shape index (κ2) is 17.2. The number of carboxylic acids is 1. The topological polar surface area (TPSA) is 258 Å². The molecule has 0 aromatic rings. The summed E-state index contributed by atoms with van der Waals surface area (Å²) in [6, 6.07) is -5.38. The van der Waals surface area contributed by atoms with E-state index in [0.717, 1.165) is 0 Å². The van der Waals surface area contributed by atoms with Crippen LogP contribution in [-0.4, -0.2) is 101 Å². The molecule has 1 heterocycles. The van der Waals surface area contributed by atoms with E-state index in [0.29, 0.717) is 0 Å². The fourth-order valence-corrected chi connectivity index (χ4v) is 4.16. The number of aliphatic hydroxyl groups excluding tert-OH is 1. The number of carboxylic acid groups (broad SMARTS) is 1. The largest absolute Gasteiger partial charge is 0.480 e. The van der Waals surface area contributed by atoms with Crippen molar-refractivity contribution in [3.63, 3.8) is 0 Å². The van der Waals surface area contributed by atoms with Gasteiger partial charge >= 0.3 is 5.97 Å². The SMILES string of the molecule is CC(C)C[C@H](NC(=O)[C@@H](NC(=O)[C@H](C)NC(=O)[C@H](CCC(N)=O)NC(=O)CNC(=O)[C@@H]1C[C@@H](O)CN1)C(C)C)C(=O)O. The number of β-amino-alcohol motifs (C(OH)–C–C–N with tert-alkyl or cyclic N) is 1. The number of nitrogens with one attached hydrogen (secondary N) is 6. The van der Waals surface area contributed by atoms with Crippen LogP contribution >= 0.6 is 0 Å². The highest BCUT2D eigenvalue weighted by Crippen LogP contribution is 2.09. The molecule has 0 aromatic carbocycles. The van der Waals surface area contributed by atoms with Gasteiger partial charge in [-0.25, -0.2) is 4.79 Å². The first-order valence-corrected chi connectivity index (χ1v) is 13.9. The molecule has 1 fully saturated rings. The lowest BCUT2D eigenvalue weighted by Gasteiger charge is -2.26. The maximum absolute atomic E-state index is 12.9. The third-order valence-corrected chi connectivity index (χ3v) is 6.50. The summed E-state index contributed by atoms with van der Waals surface area (Å²) in [4.78, 5) is 86.1. The van der Waals surface area contributed by atoms with Crippen molar-refractivity contribution in [2.24, 2.45) is 17.6 Å². The first-order chi connectivity index (χ1) is 19.5. The summed E-state index contributed by atoms with van der Waals surface area (Å²) in [6.07, 6.45) is -0.739. The van der Waals surface area contributed by atoms with Gasteiger partial charge in [-0.3, -0.25) is 28.8 Å². The molecule has 0 aliphatic carbocycles. The maximum Gasteiger partial charge on any atom is 0.326 e. The number of aliphatic hydroxyl groups is 1. The van der Waals surface area contributed by atoms with Crippen molar-refractivity contribution in [2.45, 2.75) is 96.6 Å². The molecule has 0 radical (unpaired) electrons. The molecular weight excluding hydrogens is 554 g/mol. The second-order valence-corrected chi connectivity index (χ2v) is 11.2. The molecule has 0 spiro atoms. The van der Waals surface area contributed by atoms with Crippen LogP contribution in [0.15, 0.2) is 0 Å². The molecule has 0 bridgehead atoms. The molecule has 6 amide bonds. The van der Waals surface area contributed by atoms with Gasteiger partial charge in [0.2, 0.25) is 35.4 Å². The van der Waals surface area contributed by atoms with Crippen LogP contribution in [0.4, 0.5) is 0 Å². The Labute approximate surface area is 244 Å². The van der Waals surface area contributed by atoms with Crippen LogP contribution in [0.1, 0.15) is 60.3 Å². The first-order valence-electron chi connectivity index (χ1n) is 13.9. The van der Waals surface area contributed by atoms with E-state index in [-0.39, 0.29) is 38.1 Å². The van der Waals surface area contributed by atoms with Gasteiger partial charge in [-0.1, -0.05) is 27.7 Å². The van der Waals surface area contributed by atoms with E-state index in [2.05, 4.69) is 31.9 Å². The van der Waals surface area contributed by atoms with Gasteiger partial charge in [-0.15, -0.1) is 0 Å². The van der Waals surface area contributed by atoms with Crippen LogP contribution in [0.5, 0.6) is 0 Å². The van der Waals surface area contributed by atoms with Crippen molar-refractivity contribution in [1.29, 1.82) is 0 Å². The lowest BCUT2D eigenvalue weighted by atomic mass is 10.00. The van der Waals surface area contributed by atoms with E-state index in [1.807, 2.05) is 13.8 Å². The number of carbonyl (C=O) groups is 7. The third kappa shape index (κ3) is 12.8. The van der Waals surface area contributed by atoms with Gasteiger partial charge in [0.1, 0.15) is 24.2 Å². The minimum atomic E-state index is -1.28. The average molecular weight is 600 g/mol. The number of hydrogen-bond acceptors (Lipinski definition) is 9. The highest BCUT2D eigenvalue weighted by Gasteiger charge is 2.32. The van der Waals surface area contributed by atoms with Crippen molar-refractivity contribution in [3.05, 3.63) is 0 Å². The number of nitrogens with two attached hydrogens (primary N) is 1. The minimum Gasteiger partial charge on any atom is -0.480 e. The maximum atomic E-state index is 12.9. The fraction of sp³-hybridized carbons (Fsp3) is 0.731. The summed E-state index contributed by atoms with van der Waals surface area (Å²) in [5, 5.41) is 34.0. The van der Waals surface area contributed by atoms with Crippen molar-refractivity contribution in [1.82, 2.24) is 31.9 Å². The van der Waals surface area contributed by atoms with Gasteiger partial charge < -0.3 is 47.8 Å². The number of primary amides is 1. The van der Waals surface area contributed by atoms with E-state index in [9.17, 15) is 43.8 Å². The van der Waals surface area contributed by atoms with Crippen LogP contribution in [0.25, 0.3) is 0 Å². The van der Waals surface area contributed by atoms with E-state index in [1.54, 1.807) is 13.8 Å². The van der Waals surface area contributed by atoms with Gasteiger partial charge in [0.15, 0.2) is 0 Å². The lowest BCUT2D eigenvalue weighted by Crippen LogP contribution is -2.58. The quantitative estimate of drug-likeness (QED) is 0.0810. The summed E-state index contributed by atoms with van der Waals surface area (Å²) in [5.41, 5.74) is 5.19. The molecule has 0 aromatic heterocycles. The molecule has 238 valence electrons. The number of hydrogen-bond donors (Lipinski definition) is 9. The van der Waals surface area contributed by atoms with Crippen molar-refractivity contribution < 1.29 is 43.8 Å². The van der Waals surface area contributed by atoms with Gasteiger partial charge in [-0.05, 0) is 38.0 Å². The van der Waals surface area contributed by atoms with Crippen LogP contribution in [-0.2, 0) is 33.6 Å². The van der Waals surface area contributed by atoms with Gasteiger partial charge in [0.05, 0.1) is 18.7 Å². The molecule has 1 rings (SSSR count). The summed E-state index contributed by atoms with van der Waals surface area (Å²) in [6.45, 7) is 8.04. The smallest absolute Gasteiger partial charge is 0.326 e.